The van der Waals surface area contributed by atoms with Crippen LogP contribution in [0.4, 0.5) is 0 Å². The normalized spacial score (nSPS) is 13.4. The summed E-state index contributed by atoms with van der Waals surface area (Å²) >= 11 is 0. The third kappa shape index (κ3) is 3.94. The second-order valence-corrected chi connectivity index (χ2v) is 4.21. The number of hydrogen-bond donors (Lipinski definition) is 0. The molecule has 19 heavy (non-hydrogen) atoms. The Bertz CT molecular complexity index is 460. The van der Waals surface area contributed by atoms with E-state index in [1.54, 1.807) is 31.2 Å². The number of rotatable bonds is 6. The van der Waals surface area contributed by atoms with Crippen molar-refractivity contribution in [1.29, 1.82) is 0 Å². The van der Waals surface area contributed by atoms with Crippen molar-refractivity contribution in [1.82, 2.24) is 0 Å². The zero-order valence-electron chi connectivity index (χ0n) is 11.2. The highest BCUT2D eigenvalue weighted by molar-refractivity contribution is 5.73. The molecule has 0 N–H and O–H groups in total. The molecule has 0 radical (unpaired) electrons. The molecule has 0 amide bonds. The highest BCUT2D eigenvalue weighted by Crippen LogP contribution is 2.28. The van der Waals surface area contributed by atoms with Gasteiger partial charge in [0.25, 0.3) is 0 Å². The predicted octanol–water partition coefficient (Wildman–Crippen LogP) is 1.86. The first kappa shape index (κ1) is 14.9. The van der Waals surface area contributed by atoms with Gasteiger partial charge >= 0.3 is 5.97 Å². The van der Waals surface area contributed by atoms with Gasteiger partial charge in [-0.15, -0.1) is 0 Å². The van der Waals surface area contributed by atoms with E-state index in [1.807, 2.05) is 0 Å². The molecule has 1 rings (SSSR count). The summed E-state index contributed by atoms with van der Waals surface area (Å²) in [6.45, 7) is 1.29. The summed E-state index contributed by atoms with van der Waals surface area (Å²) in [5.41, 5.74) is 0.689. The monoisotopic (exact) mass is 267 g/mol. The lowest BCUT2D eigenvalue weighted by molar-refractivity contribution is -0.484. The van der Waals surface area contributed by atoms with Crippen LogP contribution in [-0.2, 0) is 9.53 Å². The number of nitro groups is 1. The summed E-state index contributed by atoms with van der Waals surface area (Å²) in [5.74, 6) is -1.00. The average Bonchev–Trinajstić information content (AvgIpc) is 2.43. The van der Waals surface area contributed by atoms with Crippen molar-refractivity contribution in [2.45, 2.75) is 12.8 Å². The molecule has 0 spiro atoms. The molecule has 0 saturated carbocycles. The van der Waals surface area contributed by atoms with Gasteiger partial charge in [0.15, 0.2) is 0 Å². The molecule has 0 fully saturated rings. The first-order chi connectivity index (χ1) is 8.99. The van der Waals surface area contributed by atoms with E-state index in [2.05, 4.69) is 4.74 Å². The van der Waals surface area contributed by atoms with E-state index in [0.29, 0.717) is 11.3 Å². The van der Waals surface area contributed by atoms with E-state index in [9.17, 15) is 14.9 Å². The Morgan fingerprint density at radius 2 is 2.11 bits per heavy atom. The molecule has 1 aromatic rings. The molecule has 1 aromatic carbocycles. The van der Waals surface area contributed by atoms with Crippen molar-refractivity contribution in [3.05, 3.63) is 39.9 Å². The van der Waals surface area contributed by atoms with Gasteiger partial charge in [-0.25, -0.2) is 0 Å². The molecule has 6 heteroatoms. The second-order valence-electron chi connectivity index (χ2n) is 4.21. The molecule has 0 heterocycles. The third-order valence-electron chi connectivity index (χ3n) is 3.04. The van der Waals surface area contributed by atoms with Crippen LogP contribution in [0.1, 0.15) is 18.4 Å². The number of carbonyl (C=O) groups excluding carboxylic acids is 1. The maximum absolute atomic E-state index is 11.6. The van der Waals surface area contributed by atoms with Gasteiger partial charge in [-0.1, -0.05) is 19.1 Å². The predicted molar refractivity (Wildman–Crippen MR) is 68.8 cm³/mol. The fourth-order valence-electron chi connectivity index (χ4n) is 1.94. The van der Waals surface area contributed by atoms with E-state index in [4.69, 9.17) is 4.74 Å². The van der Waals surface area contributed by atoms with Gasteiger partial charge in [0, 0.05) is 4.92 Å². The molecule has 0 aliphatic rings. The van der Waals surface area contributed by atoms with Crippen LogP contribution >= 0.6 is 0 Å². The van der Waals surface area contributed by atoms with Gasteiger partial charge in [-0.05, 0) is 17.7 Å². The van der Waals surface area contributed by atoms with Crippen LogP contribution in [0.5, 0.6) is 5.75 Å². The van der Waals surface area contributed by atoms with Crippen molar-refractivity contribution >= 4 is 5.97 Å². The van der Waals surface area contributed by atoms with Crippen molar-refractivity contribution in [3.63, 3.8) is 0 Å². The summed E-state index contributed by atoms with van der Waals surface area (Å²) in [5, 5.41) is 10.8. The number of hydrogen-bond acceptors (Lipinski definition) is 5. The Labute approximate surface area is 111 Å². The Morgan fingerprint density at radius 3 is 2.63 bits per heavy atom. The fraction of sp³-hybridized carbons (Fsp3) is 0.462. The van der Waals surface area contributed by atoms with Gasteiger partial charge in [0.2, 0.25) is 6.54 Å². The fourth-order valence-corrected chi connectivity index (χ4v) is 1.94. The van der Waals surface area contributed by atoms with Crippen molar-refractivity contribution < 1.29 is 19.2 Å². The maximum Gasteiger partial charge on any atom is 0.309 e. The topological polar surface area (TPSA) is 78.7 Å². The minimum atomic E-state index is -0.595. The van der Waals surface area contributed by atoms with Crippen LogP contribution < -0.4 is 4.74 Å². The van der Waals surface area contributed by atoms with Gasteiger partial charge in [0.05, 0.1) is 26.1 Å². The summed E-state index contributed by atoms with van der Waals surface area (Å²) in [4.78, 5) is 21.9. The zero-order valence-corrected chi connectivity index (χ0v) is 11.2. The minimum Gasteiger partial charge on any atom is -0.497 e. The second kappa shape index (κ2) is 6.72. The van der Waals surface area contributed by atoms with Crippen LogP contribution in [0.2, 0.25) is 0 Å². The van der Waals surface area contributed by atoms with Crippen LogP contribution in [0.15, 0.2) is 24.3 Å². The van der Waals surface area contributed by atoms with Crippen LogP contribution in [0.3, 0.4) is 0 Å². The molecule has 2 atom stereocenters. The Hall–Kier alpha value is -2.11. The van der Waals surface area contributed by atoms with E-state index in [-0.39, 0.29) is 6.54 Å². The lowest BCUT2D eigenvalue weighted by Crippen LogP contribution is -2.26. The lowest BCUT2D eigenvalue weighted by atomic mass is 9.87. The molecule has 0 aliphatic carbocycles. The molecule has 0 aromatic heterocycles. The summed E-state index contributed by atoms with van der Waals surface area (Å²) in [6, 6.07) is 6.93. The third-order valence-corrected chi connectivity index (χ3v) is 3.04. The summed E-state index contributed by atoms with van der Waals surface area (Å²) in [7, 11) is 2.79. The van der Waals surface area contributed by atoms with Crippen molar-refractivity contribution in [2.75, 3.05) is 20.8 Å². The van der Waals surface area contributed by atoms with Gasteiger partial charge < -0.3 is 9.47 Å². The SMILES string of the molecule is COC(=O)C(C)[C@H](C[N+](=O)[O-])c1cccc(OC)c1. The Balaban J connectivity index is 3.07. The summed E-state index contributed by atoms with van der Waals surface area (Å²) in [6.07, 6.45) is 0. The first-order valence-corrected chi connectivity index (χ1v) is 5.83. The molecular weight excluding hydrogens is 250 g/mol. The summed E-state index contributed by atoms with van der Waals surface area (Å²) < 4.78 is 9.75. The first-order valence-electron chi connectivity index (χ1n) is 5.83. The number of carbonyl (C=O) groups is 1. The quantitative estimate of drug-likeness (QED) is 0.446. The molecule has 1 unspecified atom stereocenters. The highest BCUT2D eigenvalue weighted by Gasteiger charge is 2.30. The Kier molecular flexibility index (Phi) is 5.29. The molecule has 0 saturated heterocycles. The van der Waals surface area contributed by atoms with E-state index >= 15 is 0 Å². The molecular formula is C13H17NO5. The van der Waals surface area contributed by atoms with Crippen LogP contribution in [-0.4, -0.2) is 31.7 Å². The number of methoxy groups -OCH3 is 2. The minimum absolute atomic E-state index is 0.330. The van der Waals surface area contributed by atoms with Crippen LogP contribution in [0, 0.1) is 16.0 Å². The smallest absolute Gasteiger partial charge is 0.309 e. The van der Waals surface area contributed by atoms with E-state index in [0.717, 1.165) is 0 Å². The van der Waals surface area contributed by atoms with Crippen molar-refractivity contribution in [2.24, 2.45) is 5.92 Å². The maximum atomic E-state index is 11.6. The standard InChI is InChI=1S/C13H17NO5/c1-9(13(15)19-3)12(8-14(16)17)10-5-4-6-11(7-10)18-2/h4-7,9,12H,8H2,1-3H3/t9?,12-/m0/s1. The number of ether oxygens (including phenoxy) is 2. The molecule has 6 nitrogen and oxygen atoms in total. The Morgan fingerprint density at radius 1 is 1.42 bits per heavy atom. The molecule has 0 aliphatic heterocycles. The van der Waals surface area contributed by atoms with E-state index < -0.39 is 22.7 Å². The molecule has 0 bridgehead atoms. The van der Waals surface area contributed by atoms with Gasteiger partial charge in [0.1, 0.15) is 5.75 Å². The number of benzene rings is 1. The van der Waals surface area contributed by atoms with Gasteiger partial charge in [-0.3, -0.25) is 14.9 Å². The van der Waals surface area contributed by atoms with E-state index in [1.165, 1.54) is 14.2 Å². The zero-order chi connectivity index (χ0) is 14.4. The van der Waals surface area contributed by atoms with Gasteiger partial charge in [-0.2, -0.15) is 0 Å². The highest BCUT2D eigenvalue weighted by atomic mass is 16.6. The largest absolute Gasteiger partial charge is 0.497 e. The number of nitrogens with zero attached hydrogens (tertiary/aromatic N) is 1. The van der Waals surface area contributed by atoms with Crippen LogP contribution in [0.25, 0.3) is 0 Å². The van der Waals surface area contributed by atoms with Crippen molar-refractivity contribution in [3.8, 4) is 5.75 Å². The average molecular weight is 267 g/mol. The molecule has 104 valence electrons. The lowest BCUT2D eigenvalue weighted by Gasteiger charge is -2.19. The number of esters is 1.